The van der Waals surface area contributed by atoms with E-state index in [9.17, 15) is 9.59 Å². The molecule has 1 aromatic carbocycles. The number of ether oxygens (including phenoxy) is 1. The van der Waals surface area contributed by atoms with E-state index in [0.717, 1.165) is 0 Å². The topological polar surface area (TPSA) is 78.9 Å². The van der Waals surface area contributed by atoms with Crippen LogP contribution in [0.25, 0.3) is 0 Å². The highest BCUT2D eigenvalue weighted by Gasteiger charge is 2.10. The fourth-order valence-electron chi connectivity index (χ4n) is 1.41. The van der Waals surface area contributed by atoms with Crippen molar-refractivity contribution >= 4 is 17.7 Å². The van der Waals surface area contributed by atoms with Crippen LogP contribution in [0.1, 0.15) is 13.3 Å². The van der Waals surface area contributed by atoms with Crippen molar-refractivity contribution in [3.05, 3.63) is 24.3 Å². The van der Waals surface area contributed by atoms with Gasteiger partial charge in [0.15, 0.2) is 0 Å². The molecule has 0 aromatic heterocycles. The van der Waals surface area contributed by atoms with Gasteiger partial charge in [0.05, 0.1) is 13.0 Å². The van der Waals surface area contributed by atoms with E-state index in [2.05, 4.69) is 5.32 Å². The number of urea groups is 1. The third kappa shape index (κ3) is 5.29. The quantitative estimate of drug-likeness (QED) is 0.825. The van der Waals surface area contributed by atoms with Crippen molar-refractivity contribution < 1.29 is 19.4 Å². The van der Waals surface area contributed by atoms with E-state index < -0.39 is 5.97 Å². The van der Waals surface area contributed by atoms with Crippen molar-refractivity contribution in [2.75, 3.05) is 25.5 Å². The zero-order chi connectivity index (χ0) is 14.3. The summed E-state index contributed by atoms with van der Waals surface area (Å²) in [7, 11) is 1.55. The number of carbonyl (C=O) groups is 2. The fourth-order valence-corrected chi connectivity index (χ4v) is 1.41. The van der Waals surface area contributed by atoms with Gasteiger partial charge in [0.25, 0.3) is 0 Å². The normalized spacial score (nSPS) is 9.79. The number of carboxylic acids is 1. The van der Waals surface area contributed by atoms with Crippen molar-refractivity contribution in [1.82, 2.24) is 4.90 Å². The number of nitrogens with one attached hydrogen (secondary N) is 1. The molecule has 0 saturated heterocycles. The van der Waals surface area contributed by atoms with E-state index in [1.165, 1.54) is 4.90 Å². The molecule has 0 saturated carbocycles. The molecule has 6 heteroatoms. The van der Waals surface area contributed by atoms with Crippen molar-refractivity contribution in [2.24, 2.45) is 0 Å². The highest BCUT2D eigenvalue weighted by atomic mass is 16.5. The number of benzene rings is 1. The fraction of sp³-hybridized carbons (Fsp3) is 0.385. The van der Waals surface area contributed by atoms with E-state index in [4.69, 9.17) is 9.84 Å². The first-order valence-electron chi connectivity index (χ1n) is 5.99. The van der Waals surface area contributed by atoms with Crippen molar-refractivity contribution in [3.63, 3.8) is 0 Å². The summed E-state index contributed by atoms with van der Waals surface area (Å²) in [5.74, 6) is -0.258. The molecule has 1 rings (SSSR count). The Morgan fingerprint density at radius 2 is 2.16 bits per heavy atom. The Labute approximate surface area is 112 Å². The Morgan fingerprint density at radius 1 is 1.42 bits per heavy atom. The van der Waals surface area contributed by atoms with E-state index in [1.807, 2.05) is 6.92 Å². The number of hydrogen-bond donors (Lipinski definition) is 2. The monoisotopic (exact) mass is 266 g/mol. The molecule has 19 heavy (non-hydrogen) atoms. The van der Waals surface area contributed by atoms with Crippen LogP contribution in [-0.4, -0.2) is 42.2 Å². The number of nitrogens with zero attached hydrogens (tertiary/aromatic N) is 1. The van der Waals surface area contributed by atoms with Crippen LogP contribution in [0.5, 0.6) is 5.75 Å². The molecule has 2 amide bonds. The lowest BCUT2D eigenvalue weighted by Gasteiger charge is -2.17. The van der Waals surface area contributed by atoms with Crippen molar-refractivity contribution in [3.8, 4) is 5.75 Å². The number of carbonyl (C=O) groups excluding carboxylic acids is 1. The van der Waals surface area contributed by atoms with Gasteiger partial charge in [-0.1, -0.05) is 6.07 Å². The summed E-state index contributed by atoms with van der Waals surface area (Å²) in [6.07, 6.45) is -0.0805. The number of amides is 2. The van der Waals surface area contributed by atoms with Crippen LogP contribution >= 0.6 is 0 Å². The predicted octanol–water partition coefficient (Wildman–Crippen LogP) is 2.02. The summed E-state index contributed by atoms with van der Waals surface area (Å²) in [6.45, 7) is 2.59. The highest BCUT2D eigenvalue weighted by Crippen LogP contribution is 2.17. The maximum absolute atomic E-state index is 11.8. The van der Waals surface area contributed by atoms with Gasteiger partial charge in [-0.2, -0.15) is 0 Å². The first-order valence-corrected chi connectivity index (χ1v) is 5.99. The molecule has 0 fully saturated rings. The van der Waals surface area contributed by atoms with Gasteiger partial charge in [0, 0.05) is 25.3 Å². The summed E-state index contributed by atoms with van der Waals surface area (Å²) in [5, 5.41) is 11.2. The van der Waals surface area contributed by atoms with E-state index in [1.54, 1.807) is 31.3 Å². The van der Waals surface area contributed by atoms with E-state index >= 15 is 0 Å². The number of rotatable bonds is 6. The zero-order valence-corrected chi connectivity index (χ0v) is 11.0. The van der Waals surface area contributed by atoms with Crippen LogP contribution in [0.4, 0.5) is 10.5 Å². The lowest BCUT2D eigenvalue weighted by atomic mass is 10.3. The largest absolute Gasteiger partial charge is 0.494 e. The molecule has 0 aliphatic carbocycles. The third-order valence-electron chi connectivity index (χ3n) is 2.40. The Kier molecular flexibility index (Phi) is 5.66. The lowest BCUT2D eigenvalue weighted by molar-refractivity contribution is -0.137. The van der Waals surface area contributed by atoms with Gasteiger partial charge in [0.1, 0.15) is 5.75 Å². The molecule has 0 unspecified atom stereocenters. The predicted molar refractivity (Wildman–Crippen MR) is 71.5 cm³/mol. The molecule has 0 heterocycles. The molecule has 6 nitrogen and oxygen atoms in total. The Hall–Kier alpha value is -2.24. The second-order valence-corrected chi connectivity index (χ2v) is 3.96. The van der Waals surface area contributed by atoms with Crippen LogP contribution in [0.15, 0.2) is 24.3 Å². The van der Waals surface area contributed by atoms with Crippen molar-refractivity contribution in [1.29, 1.82) is 0 Å². The molecule has 0 aliphatic heterocycles. The molecule has 0 bridgehead atoms. The summed E-state index contributed by atoms with van der Waals surface area (Å²) in [4.78, 5) is 23.5. The molecule has 0 spiro atoms. The standard InChI is InChI=1S/C13H18N2O4/c1-3-19-11-6-4-5-10(9-11)14-13(18)15(2)8-7-12(16)17/h4-6,9H,3,7-8H2,1-2H3,(H,14,18)(H,16,17). The molecule has 0 atom stereocenters. The number of hydrogen-bond acceptors (Lipinski definition) is 3. The first-order chi connectivity index (χ1) is 9.02. The second kappa shape index (κ2) is 7.25. The Bertz CT molecular complexity index is 448. The van der Waals surface area contributed by atoms with Crippen LogP contribution < -0.4 is 10.1 Å². The minimum Gasteiger partial charge on any atom is -0.494 e. The van der Waals surface area contributed by atoms with Gasteiger partial charge >= 0.3 is 12.0 Å². The molecule has 0 aliphatic rings. The van der Waals surface area contributed by atoms with Gasteiger partial charge in [0.2, 0.25) is 0 Å². The summed E-state index contributed by atoms with van der Waals surface area (Å²) < 4.78 is 5.32. The maximum atomic E-state index is 11.8. The number of carboxylic acid groups (broad SMARTS) is 1. The van der Waals surface area contributed by atoms with Crippen LogP contribution in [0, 0.1) is 0 Å². The Morgan fingerprint density at radius 3 is 2.79 bits per heavy atom. The second-order valence-electron chi connectivity index (χ2n) is 3.96. The number of anilines is 1. The maximum Gasteiger partial charge on any atom is 0.321 e. The van der Waals surface area contributed by atoms with Gasteiger partial charge in [-0.15, -0.1) is 0 Å². The molecule has 2 N–H and O–H groups in total. The van der Waals surface area contributed by atoms with Gasteiger partial charge in [-0.3, -0.25) is 4.79 Å². The van der Waals surface area contributed by atoms with Crippen molar-refractivity contribution in [2.45, 2.75) is 13.3 Å². The zero-order valence-electron chi connectivity index (χ0n) is 11.0. The molecule has 0 radical (unpaired) electrons. The van der Waals surface area contributed by atoms with Crippen LogP contribution in [0.2, 0.25) is 0 Å². The minimum atomic E-state index is -0.932. The number of aliphatic carboxylic acids is 1. The minimum absolute atomic E-state index is 0.0805. The Balaban J connectivity index is 2.55. The molecular weight excluding hydrogens is 248 g/mol. The van der Waals surface area contributed by atoms with E-state index in [0.29, 0.717) is 18.0 Å². The van der Waals surface area contributed by atoms with Gasteiger partial charge in [-0.25, -0.2) is 4.79 Å². The summed E-state index contributed by atoms with van der Waals surface area (Å²) in [5.41, 5.74) is 0.609. The first kappa shape index (κ1) is 14.8. The average molecular weight is 266 g/mol. The van der Waals surface area contributed by atoms with Crippen LogP contribution in [0.3, 0.4) is 0 Å². The van der Waals surface area contributed by atoms with Crippen LogP contribution in [-0.2, 0) is 4.79 Å². The van der Waals surface area contributed by atoms with E-state index in [-0.39, 0.29) is 19.0 Å². The lowest BCUT2D eigenvalue weighted by Crippen LogP contribution is -2.33. The molecule has 104 valence electrons. The van der Waals surface area contributed by atoms with Gasteiger partial charge < -0.3 is 20.1 Å². The highest BCUT2D eigenvalue weighted by molar-refractivity contribution is 5.89. The SMILES string of the molecule is CCOc1cccc(NC(=O)N(C)CCC(=O)O)c1. The van der Waals surface area contributed by atoms with Gasteiger partial charge in [-0.05, 0) is 19.1 Å². The summed E-state index contributed by atoms with van der Waals surface area (Å²) >= 11 is 0. The smallest absolute Gasteiger partial charge is 0.321 e. The molecular formula is C13H18N2O4. The average Bonchev–Trinajstić information content (AvgIpc) is 2.36. The third-order valence-corrected chi connectivity index (χ3v) is 2.40. The molecule has 1 aromatic rings. The summed E-state index contributed by atoms with van der Waals surface area (Å²) in [6, 6.07) is 6.68.